The Labute approximate surface area is 221 Å². The fraction of sp³-hybridized carbons (Fsp3) is 0.643. The Kier molecular flexibility index (Phi) is 15.6. The van der Waals surface area contributed by atoms with E-state index in [-0.39, 0.29) is 13.2 Å². The van der Waals surface area contributed by atoms with Gasteiger partial charge in [0.1, 0.15) is 18.2 Å². The minimum absolute atomic E-state index is 0.0744. The van der Waals surface area contributed by atoms with Gasteiger partial charge in [0.05, 0.1) is 12.3 Å². The van der Waals surface area contributed by atoms with E-state index in [1.165, 1.54) is 19.3 Å². The van der Waals surface area contributed by atoms with Gasteiger partial charge in [-0.2, -0.15) is 13.2 Å². The number of hydrogen-bond donors (Lipinski definition) is 2. The van der Waals surface area contributed by atoms with Gasteiger partial charge < -0.3 is 20.3 Å². The van der Waals surface area contributed by atoms with Crippen LogP contribution in [0.5, 0.6) is 0 Å². The minimum Gasteiger partial charge on any atom is -0.380 e. The normalized spacial score (nSPS) is 13.4. The summed E-state index contributed by atoms with van der Waals surface area (Å²) in [4.78, 5) is 11.4. The van der Waals surface area contributed by atoms with Gasteiger partial charge in [-0.25, -0.2) is 9.98 Å². The van der Waals surface area contributed by atoms with Gasteiger partial charge in [0.2, 0.25) is 0 Å². The Hall–Kier alpha value is -2.55. The largest absolute Gasteiger partial charge is 0.411 e. The number of aromatic nitrogens is 1. The number of pyridine rings is 1. The van der Waals surface area contributed by atoms with E-state index in [1.807, 2.05) is 45.0 Å². The van der Waals surface area contributed by atoms with E-state index in [2.05, 4.69) is 35.5 Å². The molecule has 9 heteroatoms. The predicted molar refractivity (Wildman–Crippen MR) is 148 cm³/mol. The van der Waals surface area contributed by atoms with Gasteiger partial charge in [-0.05, 0) is 62.5 Å². The van der Waals surface area contributed by atoms with Crippen LogP contribution >= 0.6 is 0 Å². The lowest BCUT2D eigenvalue weighted by Gasteiger charge is -2.21. The fourth-order valence-corrected chi connectivity index (χ4v) is 3.58. The molecule has 0 spiro atoms. The van der Waals surface area contributed by atoms with Crippen LogP contribution in [-0.2, 0) is 4.74 Å². The van der Waals surface area contributed by atoms with Gasteiger partial charge in [0.25, 0.3) is 0 Å². The molecule has 2 N–H and O–H groups in total. The molecule has 0 fully saturated rings. The van der Waals surface area contributed by atoms with Crippen molar-refractivity contribution in [3.8, 4) is 0 Å². The predicted octanol–water partition coefficient (Wildman–Crippen LogP) is 7.21. The van der Waals surface area contributed by atoms with E-state index < -0.39 is 12.8 Å². The van der Waals surface area contributed by atoms with Gasteiger partial charge in [-0.3, -0.25) is 0 Å². The molecule has 0 unspecified atom stereocenters. The number of ether oxygens (including phenoxy) is 1. The van der Waals surface area contributed by atoms with E-state index >= 15 is 0 Å². The molecule has 37 heavy (non-hydrogen) atoms. The Morgan fingerprint density at radius 1 is 1.14 bits per heavy atom. The first-order valence-corrected chi connectivity index (χ1v) is 13.3. The quantitative estimate of drug-likeness (QED) is 0.128. The zero-order valence-corrected chi connectivity index (χ0v) is 23.5. The van der Waals surface area contributed by atoms with Crippen molar-refractivity contribution in [2.24, 2.45) is 4.99 Å². The molecule has 1 aromatic rings. The highest BCUT2D eigenvalue weighted by atomic mass is 19.4. The van der Waals surface area contributed by atoms with Crippen molar-refractivity contribution in [1.29, 1.82) is 0 Å². The van der Waals surface area contributed by atoms with E-state index in [9.17, 15) is 13.2 Å². The summed E-state index contributed by atoms with van der Waals surface area (Å²) >= 11 is 0. The lowest BCUT2D eigenvalue weighted by molar-refractivity contribution is -0.173. The Morgan fingerprint density at radius 3 is 2.49 bits per heavy atom. The van der Waals surface area contributed by atoms with Crippen LogP contribution in [0.15, 0.2) is 46.5 Å². The molecule has 0 atom stereocenters. The summed E-state index contributed by atoms with van der Waals surface area (Å²) in [5.41, 5.74) is 2.90. The molecule has 0 saturated carbocycles. The van der Waals surface area contributed by atoms with Crippen LogP contribution in [0.3, 0.4) is 0 Å². The number of amidine groups is 1. The molecule has 210 valence electrons. The third kappa shape index (κ3) is 14.7. The smallest absolute Gasteiger partial charge is 0.380 e. The molecule has 0 bridgehead atoms. The van der Waals surface area contributed by atoms with Crippen molar-refractivity contribution in [2.45, 2.75) is 85.2 Å². The zero-order valence-electron chi connectivity index (χ0n) is 23.5. The first-order chi connectivity index (χ1) is 17.6. The number of hydrogen-bond acceptors (Lipinski definition) is 5. The number of halogens is 3. The van der Waals surface area contributed by atoms with E-state index in [1.54, 1.807) is 6.20 Å². The summed E-state index contributed by atoms with van der Waals surface area (Å²) in [6.45, 7) is 7.22. The molecule has 0 aliphatic rings. The summed E-state index contributed by atoms with van der Waals surface area (Å²) < 4.78 is 42.4. The first kappa shape index (κ1) is 32.5. The highest BCUT2D eigenvalue weighted by Gasteiger charge is 2.27. The molecule has 1 heterocycles. The second kappa shape index (κ2) is 17.8. The zero-order chi connectivity index (χ0) is 27.7. The highest BCUT2D eigenvalue weighted by molar-refractivity contribution is 6.08. The first-order valence-electron chi connectivity index (χ1n) is 13.3. The SMILES string of the molecule is CCC/C=C(/N=C(Nc1cc(C)ccn1)\C(NCCOCC(F)(F)F)=C(/C)CCCCCCC)N(C)C. The highest BCUT2D eigenvalue weighted by Crippen LogP contribution is 2.18. The molecule has 0 saturated heterocycles. The van der Waals surface area contributed by atoms with Crippen molar-refractivity contribution in [3.63, 3.8) is 0 Å². The summed E-state index contributed by atoms with van der Waals surface area (Å²) in [5, 5.41) is 6.68. The molecule has 0 aliphatic carbocycles. The number of anilines is 1. The maximum atomic E-state index is 12.5. The average Bonchev–Trinajstić information content (AvgIpc) is 2.82. The molecule has 1 aromatic heterocycles. The van der Waals surface area contributed by atoms with Gasteiger partial charge in [-0.1, -0.05) is 46.0 Å². The molecule has 0 aliphatic heterocycles. The topological polar surface area (TPSA) is 61.8 Å². The van der Waals surface area contributed by atoms with Crippen LogP contribution in [0.4, 0.5) is 19.0 Å². The minimum atomic E-state index is -4.34. The van der Waals surface area contributed by atoms with Crippen LogP contribution in [-0.4, -0.2) is 55.7 Å². The van der Waals surface area contributed by atoms with E-state index in [4.69, 9.17) is 9.73 Å². The third-order valence-electron chi connectivity index (χ3n) is 5.59. The molecular formula is C28H46F3N5O. The number of aryl methyl sites for hydroxylation is 1. The molecule has 0 radical (unpaired) electrons. The molecule has 6 nitrogen and oxygen atoms in total. The van der Waals surface area contributed by atoms with Crippen LogP contribution in [0.1, 0.15) is 77.7 Å². The average molecular weight is 526 g/mol. The van der Waals surface area contributed by atoms with Crippen LogP contribution in [0.25, 0.3) is 0 Å². The standard InChI is InChI=1S/C28H46F3N5O/c1-7-9-11-12-13-14-23(4)26(33-18-19-37-21-28(29,30)31)27(34-24-20-22(3)16-17-32-24)35-25(36(5)6)15-10-8-2/h15-17,20,33H,7-14,18-19,21H2,1-6H3,(H,32,34,35)/b25-15-,26-23-. The molecular weight excluding hydrogens is 479 g/mol. The Balaban J connectivity index is 3.32. The monoisotopic (exact) mass is 525 g/mol. The van der Waals surface area contributed by atoms with Crippen molar-refractivity contribution in [3.05, 3.63) is 47.1 Å². The van der Waals surface area contributed by atoms with Crippen LogP contribution < -0.4 is 10.6 Å². The maximum Gasteiger partial charge on any atom is 0.411 e. The van der Waals surface area contributed by atoms with E-state index in [0.717, 1.165) is 54.8 Å². The lowest BCUT2D eigenvalue weighted by Crippen LogP contribution is -2.31. The van der Waals surface area contributed by atoms with E-state index in [0.29, 0.717) is 11.7 Å². The summed E-state index contributed by atoms with van der Waals surface area (Å²) in [5.74, 6) is 2.02. The van der Waals surface area contributed by atoms with Crippen LogP contribution in [0, 0.1) is 6.92 Å². The number of unbranched alkanes of at least 4 members (excludes halogenated alkanes) is 5. The molecule has 0 amide bonds. The number of nitrogens with zero attached hydrogens (tertiary/aromatic N) is 3. The third-order valence-corrected chi connectivity index (χ3v) is 5.59. The van der Waals surface area contributed by atoms with Gasteiger partial charge >= 0.3 is 6.18 Å². The van der Waals surface area contributed by atoms with Crippen molar-refractivity contribution in [2.75, 3.05) is 39.2 Å². The van der Waals surface area contributed by atoms with Crippen molar-refractivity contribution < 1.29 is 17.9 Å². The summed E-state index contributed by atoms with van der Waals surface area (Å²) in [6, 6.07) is 3.85. The second-order valence-electron chi connectivity index (χ2n) is 9.46. The fourth-order valence-electron chi connectivity index (χ4n) is 3.58. The van der Waals surface area contributed by atoms with Gasteiger partial charge in [-0.15, -0.1) is 0 Å². The van der Waals surface area contributed by atoms with Crippen molar-refractivity contribution in [1.82, 2.24) is 15.2 Å². The second-order valence-corrected chi connectivity index (χ2v) is 9.46. The molecule has 1 rings (SSSR count). The number of alkyl halides is 3. The number of allylic oxidation sites excluding steroid dienone is 2. The lowest BCUT2D eigenvalue weighted by atomic mass is 10.0. The Bertz CT molecular complexity index is 879. The number of aliphatic imine (C=N–C) groups is 1. The summed E-state index contributed by atoms with van der Waals surface area (Å²) in [6.07, 6.45) is 7.94. The van der Waals surface area contributed by atoms with Gasteiger partial charge in [0, 0.05) is 26.8 Å². The van der Waals surface area contributed by atoms with Crippen LogP contribution in [0.2, 0.25) is 0 Å². The Morgan fingerprint density at radius 2 is 1.86 bits per heavy atom. The number of nitrogens with one attached hydrogen (secondary N) is 2. The summed E-state index contributed by atoms with van der Waals surface area (Å²) in [7, 11) is 3.88. The number of rotatable bonds is 17. The maximum absolute atomic E-state index is 12.5. The molecule has 0 aromatic carbocycles. The van der Waals surface area contributed by atoms with Gasteiger partial charge in [0.15, 0.2) is 5.84 Å². The van der Waals surface area contributed by atoms with Crippen molar-refractivity contribution >= 4 is 11.7 Å².